The Labute approximate surface area is 158 Å². The van der Waals surface area contributed by atoms with E-state index in [9.17, 15) is 0 Å². The zero-order chi connectivity index (χ0) is 18.5. The Morgan fingerprint density at radius 2 is 1.81 bits per heavy atom. The first-order valence-electron chi connectivity index (χ1n) is 10.0. The Bertz CT molecular complexity index is 552. The van der Waals surface area contributed by atoms with Gasteiger partial charge in [-0.2, -0.15) is 0 Å². The lowest BCUT2D eigenvalue weighted by atomic mass is 9.71. The van der Waals surface area contributed by atoms with Crippen LogP contribution in [0.2, 0.25) is 0 Å². The van der Waals surface area contributed by atoms with Crippen LogP contribution in [0.1, 0.15) is 45.1 Å². The van der Waals surface area contributed by atoms with Crippen molar-refractivity contribution in [2.24, 2.45) is 0 Å². The zero-order valence-electron chi connectivity index (χ0n) is 16.7. The normalized spacial score (nSPS) is 32.3. The highest BCUT2D eigenvalue weighted by atomic mass is 16.5. The van der Waals surface area contributed by atoms with E-state index < -0.39 is 0 Å². The Hall–Kier alpha value is -0.940. The van der Waals surface area contributed by atoms with E-state index in [-0.39, 0.29) is 11.0 Å². The van der Waals surface area contributed by atoms with E-state index in [1.54, 1.807) is 7.11 Å². The van der Waals surface area contributed by atoms with Crippen LogP contribution in [0.25, 0.3) is 0 Å². The van der Waals surface area contributed by atoms with Gasteiger partial charge in [-0.25, -0.2) is 0 Å². The number of hydrogen-bond donors (Lipinski definition) is 0. The summed E-state index contributed by atoms with van der Waals surface area (Å²) in [6.07, 6.45) is 4.76. The van der Waals surface area contributed by atoms with Crippen LogP contribution in [0, 0.1) is 0 Å². The number of methoxy groups -OCH3 is 1. The summed E-state index contributed by atoms with van der Waals surface area (Å²) in [5, 5.41) is 0. The lowest BCUT2D eigenvalue weighted by Gasteiger charge is -2.52. The van der Waals surface area contributed by atoms with Gasteiger partial charge in [-0.3, -0.25) is 4.90 Å². The molecule has 146 valence electrons. The second-order valence-corrected chi connectivity index (χ2v) is 8.45. The van der Waals surface area contributed by atoms with E-state index in [4.69, 9.17) is 14.2 Å². The molecule has 3 atom stereocenters. The van der Waals surface area contributed by atoms with E-state index in [0.29, 0.717) is 32.5 Å². The molecule has 2 heterocycles. The third-order valence-electron chi connectivity index (χ3n) is 6.27. The summed E-state index contributed by atoms with van der Waals surface area (Å²) >= 11 is 0. The van der Waals surface area contributed by atoms with Gasteiger partial charge in [0.15, 0.2) is 0 Å². The van der Waals surface area contributed by atoms with Gasteiger partial charge in [0.25, 0.3) is 0 Å². The molecule has 0 bridgehead atoms. The van der Waals surface area contributed by atoms with Crippen LogP contribution in [-0.2, 0) is 19.6 Å². The highest BCUT2D eigenvalue weighted by Gasteiger charge is 2.43. The fourth-order valence-electron chi connectivity index (χ4n) is 4.60. The van der Waals surface area contributed by atoms with Crippen molar-refractivity contribution in [3.63, 3.8) is 0 Å². The molecule has 0 radical (unpaired) electrons. The first-order chi connectivity index (χ1) is 12.5. The summed E-state index contributed by atoms with van der Waals surface area (Å²) in [5.41, 5.74) is 1.75. The van der Waals surface area contributed by atoms with Crippen LogP contribution in [0.3, 0.4) is 0 Å². The second-order valence-electron chi connectivity index (χ2n) is 8.45. The van der Waals surface area contributed by atoms with Gasteiger partial charge in [-0.05, 0) is 38.2 Å². The molecule has 2 fully saturated rings. The molecule has 0 aliphatic carbocycles. The van der Waals surface area contributed by atoms with E-state index in [1.807, 2.05) is 0 Å². The Morgan fingerprint density at radius 3 is 2.58 bits per heavy atom. The molecule has 0 saturated carbocycles. The minimum atomic E-state index is -0.00767. The number of ether oxygens (including phenoxy) is 3. The van der Waals surface area contributed by atoms with Gasteiger partial charge in [0.1, 0.15) is 0 Å². The Balaban J connectivity index is 1.49. The Morgan fingerprint density at radius 1 is 1.04 bits per heavy atom. The molecule has 3 rings (SSSR count). The van der Waals surface area contributed by atoms with Gasteiger partial charge in [-0.15, -0.1) is 0 Å². The largest absolute Gasteiger partial charge is 0.382 e. The van der Waals surface area contributed by atoms with Crippen LogP contribution in [0.4, 0.5) is 0 Å². The number of rotatable bonds is 8. The van der Waals surface area contributed by atoms with Crippen molar-refractivity contribution in [3.8, 4) is 0 Å². The molecule has 1 aromatic rings. The van der Waals surface area contributed by atoms with Gasteiger partial charge in [-0.1, -0.05) is 37.3 Å². The lowest BCUT2D eigenvalue weighted by Crippen LogP contribution is -2.57. The standard InChI is InChI=1S/C22H35NO3/c1-21(19-7-5-4-6-8-19)10-9-20-17-22(2,11-12-23(20)18-21)26-16-15-25-14-13-24-3/h4-8,20H,9-18H2,1-3H3. The molecular formula is C22H35NO3. The maximum atomic E-state index is 6.24. The van der Waals surface area contributed by atoms with Crippen molar-refractivity contribution >= 4 is 0 Å². The monoisotopic (exact) mass is 361 g/mol. The van der Waals surface area contributed by atoms with Gasteiger partial charge in [0.2, 0.25) is 0 Å². The summed E-state index contributed by atoms with van der Waals surface area (Å²) in [5.74, 6) is 0. The fraction of sp³-hybridized carbons (Fsp3) is 0.727. The van der Waals surface area contributed by atoms with Gasteiger partial charge < -0.3 is 14.2 Å². The molecule has 4 heteroatoms. The maximum absolute atomic E-state index is 6.24. The number of piperidine rings is 2. The number of nitrogens with zero attached hydrogens (tertiary/aromatic N) is 1. The molecule has 26 heavy (non-hydrogen) atoms. The van der Waals surface area contributed by atoms with Gasteiger partial charge in [0.05, 0.1) is 32.0 Å². The predicted molar refractivity (Wildman–Crippen MR) is 105 cm³/mol. The highest BCUT2D eigenvalue weighted by molar-refractivity contribution is 5.26. The third-order valence-corrected chi connectivity index (χ3v) is 6.27. The summed E-state index contributed by atoms with van der Waals surface area (Å²) in [6.45, 7) is 9.63. The predicted octanol–water partition coefficient (Wildman–Crippen LogP) is 3.64. The summed E-state index contributed by atoms with van der Waals surface area (Å²) in [7, 11) is 1.70. The van der Waals surface area contributed by atoms with Crippen LogP contribution in [-0.4, -0.2) is 63.2 Å². The van der Waals surface area contributed by atoms with E-state index >= 15 is 0 Å². The first-order valence-corrected chi connectivity index (χ1v) is 10.0. The lowest BCUT2D eigenvalue weighted by molar-refractivity contribution is -0.113. The SMILES string of the molecule is COCCOCCOC1(C)CCN2CC(C)(c3ccccc3)CCC2C1. The van der Waals surface area contributed by atoms with Crippen LogP contribution in [0.5, 0.6) is 0 Å². The first kappa shape index (κ1) is 19.8. The molecule has 0 N–H and O–H groups in total. The molecule has 4 nitrogen and oxygen atoms in total. The average molecular weight is 362 g/mol. The van der Waals surface area contributed by atoms with Crippen molar-refractivity contribution in [3.05, 3.63) is 35.9 Å². The van der Waals surface area contributed by atoms with E-state index in [0.717, 1.165) is 25.9 Å². The van der Waals surface area contributed by atoms with Crippen molar-refractivity contribution < 1.29 is 14.2 Å². The van der Waals surface area contributed by atoms with Crippen molar-refractivity contribution in [1.29, 1.82) is 0 Å². The van der Waals surface area contributed by atoms with E-state index in [2.05, 4.69) is 49.1 Å². The smallest absolute Gasteiger partial charge is 0.0707 e. The van der Waals surface area contributed by atoms with Crippen LogP contribution in [0.15, 0.2) is 30.3 Å². The molecule has 0 spiro atoms. The quantitative estimate of drug-likeness (QED) is 0.662. The second kappa shape index (κ2) is 8.83. The Kier molecular flexibility index (Phi) is 6.73. The summed E-state index contributed by atoms with van der Waals surface area (Å²) in [6, 6.07) is 11.7. The third kappa shape index (κ3) is 4.86. The molecule has 3 unspecified atom stereocenters. The highest BCUT2D eigenvalue weighted by Crippen LogP contribution is 2.41. The van der Waals surface area contributed by atoms with Crippen molar-refractivity contribution in [2.75, 3.05) is 46.6 Å². The molecule has 0 amide bonds. The summed E-state index contributed by atoms with van der Waals surface area (Å²) < 4.78 is 16.8. The van der Waals surface area contributed by atoms with Gasteiger partial charge in [0, 0.05) is 31.7 Å². The molecular weight excluding hydrogens is 326 g/mol. The maximum Gasteiger partial charge on any atom is 0.0707 e. The van der Waals surface area contributed by atoms with Crippen LogP contribution < -0.4 is 0 Å². The van der Waals surface area contributed by atoms with Gasteiger partial charge >= 0.3 is 0 Å². The number of hydrogen-bond acceptors (Lipinski definition) is 4. The van der Waals surface area contributed by atoms with Crippen molar-refractivity contribution in [1.82, 2.24) is 4.90 Å². The molecule has 2 saturated heterocycles. The van der Waals surface area contributed by atoms with Crippen molar-refractivity contribution in [2.45, 2.75) is 56.6 Å². The minimum absolute atomic E-state index is 0.00767. The molecule has 0 aromatic heterocycles. The molecule has 1 aromatic carbocycles. The minimum Gasteiger partial charge on any atom is -0.382 e. The average Bonchev–Trinajstić information content (AvgIpc) is 2.66. The molecule has 2 aliphatic rings. The van der Waals surface area contributed by atoms with Crippen LogP contribution >= 0.6 is 0 Å². The topological polar surface area (TPSA) is 30.9 Å². The summed E-state index contributed by atoms with van der Waals surface area (Å²) in [4.78, 5) is 2.71. The van der Waals surface area contributed by atoms with E-state index in [1.165, 1.54) is 18.4 Å². The number of benzene rings is 1. The fourth-order valence-corrected chi connectivity index (χ4v) is 4.60. The number of fused-ring (bicyclic) bond motifs is 1. The zero-order valence-corrected chi connectivity index (χ0v) is 16.7. The molecule has 2 aliphatic heterocycles.